The van der Waals surface area contributed by atoms with Crippen LogP contribution in [0, 0.1) is 5.82 Å². The number of aromatic carboxylic acids is 1. The molecule has 0 spiro atoms. The average molecular weight is 295 g/mol. The van der Waals surface area contributed by atoms with Gasteiger partial charge in [0.15, 0.2) is 0 Å². The number of carbonyl (C=O) groups is 1. The highest BCUT2D eigenvalue weighted by molar-refractivity contribution is 6.30. The Kier molecular flexibility index (Phi) is 4.71. The summed E-state index contributed by atoms with van der Waals surface area (Å²) in [6.45, 7) is 0.548. The Morgan fingerprint density at radius 3 is 2.45 bits per heavy atom. The molecule has 0 heterocycles. The highest BCUT2D eigenvalue weighted by Crippen LogP contribution is 2.14. The summed E-state index contributed by atoms with van der Waals surface area (Å²) in [4.78, 5) is 10.7. The maximum atomic E-state index is 13.5. The van der Waals surface area contributed by atoms with Crippen molar-refractivity contribution >= 4 is 17.6 Å². The largest absolute Gasteiger partial charge is 0.478 e. The topological polar surface area (TPSA) is 46.5 Å². The van der Waals surface area contributed by atoms with Crippen LogP contribution in [-0.4, -0.2) is 11.1 Å². The molecule has 0 aliphatic heterocycles. The Morgan fingerprint density at radius 2 is 1.85 bits per heavy atom. The second kappa shape index (κ2) is 6.50. The molecule has 2 aromatic rings. The molecule has 1 N–H and O–H groups in total. The van der Waals surface area contributed by atoms with Crippen molar-refractivity contribution in [2.75, 3.05) is 0 Å². The monoisotopic (exact) mass is 294 g/mol. The predicted octanol–water partition coefficient (Wildman–Crippen LogP) is 3.89. The minimum atomic E-state index is -1.28. The van der Waals surface area contributed by atoms with Crippen LogP contribution in [0.1, 0.15) is 21.5 Å². The van der Waals surface area contributed by atoms with Crippen molar-refractivity contribution in [3.05, 3.63) is 70.0 Å². The third-order valence-electron chi connectivity index (χ3n) is 2.69. The zero-order valence-corrected chi connectivity index (χ0v) is 11.2. The standard InChI is InChI=1S/C15H12ClFO3/c16-12-3-1-2-10(6-12)8-20-9-11-4-5-13(15(18)19)14(17)7-11/h1-7H,8-9H2,(H,18,19). The Labute approximate surface area is 120 Å². The summed E-state index contributed by atoms with van der Waals surface area (Å²) in [6, 6.07) is 11.2. The maximum absolute atomic E-state index is 13.5. The normalized spacial score (nSPS) is 10.5. The van der Waals surface area contributed by atoms with E-state index in [-0.39, 0.29) is 12.2 Å². The molecule has 0 unspecified atom stereocenters. The lowest BCUT2D eigenvalue weighted by Crippen LogP contribution is -2.02. The molecule has 0 atom stereocenters. The quantitative estimate of drug-likeness (QED) is 0.910. The number of hydrogen-bond acceptors (Lipinski definition) is 2. The van der Waals surface area contributed by atoms with Crippen molar-refractivity contribution in [1.29, 1.82) is 0 Å². The first-order valence-electron chi connectivity index (χ1n) is 5.90. The molecular weight excluding hydrogens is 283 g/mol. The molecule has 20 heavy (non-hydrogen) atoms. The third-order valence-corrected chi connectivity index (χ3v) is 2.93. The van der Waals surface area contributed by atoms with Gasteiger partial charge in [-0.1, -0.05) is 29.8 Å². The van der Waals surface area contributed by atoms with Crippen molar-refractivity contribution in [2.45, 2.75) is 13.2 Å². The Morgan fingerprint density at radius 1 is 1.15 bits per heavy atom. The van der Waals surface area contributed by atoms with E-state index in [1.54, 1.807) is 12.1 Å². The van der Waals surface area contributed by atoms with Crippen LogP contribution >= 0.6 is 11.6 Å². The highest BCUT2D eigenvalue weighted by atomic mass is 35.5. The van der Waals surface area contributed by atoms with Crippen LogP contribution < -0.4 is 0 Å². The van der Waals surface area contributed by atoms with Gasteiger partial charge in [-0.25, -0.2) is 9.18 Å². The van der Waals surface area contributed by atoms with E-state index in [2.05, 4.69) is 0 Å². The highest BCUT2D eigenvalue weighted by Gasteiger charge is 2.10. The number of hydrogen-bond donors (Lipinski definition) is 1. The summed E-state index contributed by atoms with van der Waals surface area (Å²) in [5.74, 6) is -2.05. The molecule has 0 saturated heterocycles. The summed E-state index contributed by atoms with van der Waals surface area (Å²) in [7, 11) is 0. The lowest BCUT2D eigenvalue weighted by molar-refractivity contribution is 0.0691. The van der Waals surface area contributed by atoms with Crippen LogP contribution in [0.2, 0.25) is 5.02 Å². The Balaban J connectivity index is 1.94. The van der Waals surface area contributed by atoms with Gasteiger partial charge in [0.2, 0.25) is 0 Å². The minimum Gasteiger partial charge on any atom is -0.478 e. The lowest BCUT2D eigenvalue weighted by atomic mass is 10.1. The van der Waals surface area contributed by atoms with E-state index in [4.69, 9.17) is 21.4 Å². The van der Waals surface area contributed by atoms with E-state index in [1.165, 1.54) is 18.2 Å². The number of carboxylic acid groups (broad SMARTS) is 1. The first kappa shape index (κ1) is 14.5. The van der Waals surface area contributed by atoms with Crippen molar-refractivity contribution in [3.8, 4) is 0 Å². The zero-order chi connectivity index (χ0) is 14.5. The average Bonchev–Trinajstić information content (AvgIpc) is 2.38. The summed E-state index contributed by atoms with van der Waals surface area (Å²) >= 11 is 5.85. The van der Waals surface area contributed by atoms with E-state index in [9.17, 15) is 9.18 Å². The smallest absolute Gasteiger partial charge is 0.338 e. The second-order valence-electron chi connectivity index (χ2n) is 4.24. The van der Waals surface area contributed by atoms with Crippen LogP contribution in [-0.2, 0) is 18.0 Å². The second-order valence-corrected chi connectivity index (χ2v) is 4.68. The first-order chi connectivity index (χ1) is 9.56. The van der Waals surface area contributed by atoms with Gasteiger partial charge >= 0.3 is 5.97 Å². The van der Waals surface area contributed by atoms with Gasteiger partial charge in [0.25, 0.3) is 0 Å². The summed E-state index contributed by atoms with van der Waals surface area (Å²) in [5, 5.41) is 9.35. The number of ether oxygens (including phenoxy) is 1. The van der Waals surface area contributed by atoms with E-state index in [0.717, 1.165) is 5.56 Å². The van der Waals surface area contributed by atoms with Gasteiger partial charge in [-0.05, 0) is 35.4 Å². The molecule has 5 heteroatoms. The van der Waals surface area contributed by atoms with Crippen LogP contribution in [0.3, 0.4) is 0 Å². The molecule has 104 valence electrons. The van der Waals surface area contributed by atoms with Gasteiger partial charge in [-0.2, -0.15) is 0 Å². The van der Waals surface area contributed by atoms with Crippen LogP contribution in [0.25, 0.3) is 0 Å². The fraction of sp³-hybridized carbons (Fsp3) is 0.133. The molecule has 0 aliphatic carbocycles. The van der Waals surface area contributed by atoms with Gasteiger partial charge in [0.05, 0.1) is 18.8 Å². The molecule has 0 bridgehead atoms. The van der Waals surface area contributed by atoms with E-state index in [1.807, 2.05) is 12.1 Å². The fourth-order valence-electron chi connectivity index (χ4n) is 1.74. The van der Waals surface area contributed by atoms with Gasteiger partial charge in [-0.15, -0.1) is 0 Å². The van der Waals surface area contributed by atoms with E-state index >= 15 is 0 Å². The number of rotatable bonds is 5. The number of benzene rings is 2. The van der Waals surface area contributed by atoms with Crippen molar-refractivity contribution in [3.63, 3.8) is 0 Å². The number of halogens is 2. The first-order valence-corrected chi connectivity index (χ1v) is 6.28. The molecule has 0 radical (unpaired) electrons. The van der Waals surface area contributed by atoms with Crippen molar-refractivity contribution < 1.29 is 19.0 Å². The lowest BCUT2D eigenvalue weighted by Gasteiger charge is -2.06. The molecule has 0 aromatic heterocycles. The minimum absolute atomic E-state index is 0.198. The zero-order valence-electron chi connectivity index (χ0n) is 10.5. The maximum Gasteiger partial charge on any atom is 0.338 e. The SMILES string of the molecule is O=C(O)c1ccc(COCc2cccc(Cl)c2)cc1F. The fourth-order valence-corrected chi connectivity index (χ4v) is 1.95. The molecule has 2 aromatic carbocycles. The molecular formula is C15H12ClFO3. The van der Waals surface area contributed by atoms with Crippen LogP contribution in [0.5, 0.6) is 0 Å². The summed E-state index contributed by atoms with van der Waals surface area (Å²) in [5.41, 5.74) is 1.15. The summed E-state index contributed by atoms with van der Waals surface area (Å²) in [6.07, 6.45) is 0. The Hall–Kier alpha value is -1.91. The van der Waals surface area contributed by atoms with E-state index in [0.29, 0.717) is 17.2 Å². The van der Waals surface area contributed by atoms with Gasteiger partial charge in [0, 0.05) is 5.02 Å². The van der Waals surface area contributed by atoms with Crippen molar-refractivity contribution in [1.82, 2.24) is 0 Å². The van der Waals surface area contributed by atoms with Gasteiger partial charge in [0.1, 0.15) is 5.82 Å². The molecule has 0 fully saturated rings. The molecule has 3 nitrogen and oxygen atoms in total. The molecule has 0 aliphatic rings. The van der Waals surface area contributed by atoms with Crippen LogP contribution in [0.15, 0.2) is 42.5 Å². The van der Waals surface area contributed by atoms with Gasteiger partial charge in [-0.3, -0.25) is 0 Å². The molecule has 0 saturated carbocycles. The molecule has 0 amide bonds. The molecule has 2 rings (SSSR count). The predicted molar refractivity (Wildman–Crippen MR) is 73.3 cm³/mol. The third kappa shape index (κ3) is 3.79. The van der Waals surface area contributed by atoms with Gasteiger partial charge < -0.3 is 9.84 Å². The number of carboxylic acids is 1. The van der Waals surface area contributed by atoms with E-state index < -0.39 is 11.8 Å². The Bertz CT molecular complexity index is 628. The summed E-state index contributed by atoms with van der Waals surface area (Å²) < 4.78 is 18.9. The van der Waals surface area contributed by atoms with Crippen LogP contribution in [0.4, 0.5) is 4.39 Å². The van der Waals surface area contributed by atoms with Crippen molar-refractivity contribution in [2.24, 2.45) is 0 Å².